The molecule has 5 atom stereocenters. The molecule has 0 heterocycles. The maximum atomic E-state index is 4.47. The third-order valence-electron chi connectivity index (χ3n) is 7.35. The minimum absolute atomic E-state index is 0.294. The van der Waals surface area contributed by atoms with Crippen molar-refractivity contribution in [2.75, 3.05) is 0 Å². The third kappa shape index (κ3) is 1.54. The summed E-state index contributed by atoms with van der Waals surface area (Å²) in [5.41, 5.74) is 3.98. The van der Waals surface area contributed by atoms with Crippen molar-refractivity contribution in [3.8, 4) is 0 Å². The van der Waals surface area contributed by atoms with Gasteiger partial charge in [-0.05, 0) is 67.3 Å². The van der Waals surface area contributed by atoms with Crippen molar-refractivity contribution in [1.29, 1.82) is 0 Å². The lowest BCUT2D eigenvalue weighted by Gasteiger charge is -2.56. The molecule has 0 saturated heterocycles. The Balaban J connectivity index is 1.76. The van der Waals surface area contributed by atoms with Gasteiger partial charge in [0.05, 0.1) is 0 Å². The first kappa shape index (κ1) is 12.9. The Hall–Kier alpha value is -0.780. The molecule has 0 nitrogen and oxygen atoms in total. The molecule has 0 aliphatic heterocycles. The molecular formula is C20H28. The second-order valence-corrected chi connectivity index (χ2v) is 8.31. The lowest BCUT2D eigenvalue weighted by atomic mass is 9.48. The molecule has 0 radical (unpaired) electrons. The Bertz CT molecular complexity index is 508. The number of hydrogen-bond donors (Lipinski definition) is 0. The van der Waals surface area contributed by atoms with Crippen molar-refractivity contribution in [3.05, 3.63) is 36.0 Å². The molecular weight excluding hydrogens is 240 g/mol. The van der Waals surface area contributed by atoms with Crippen molar-refractivity contribution < 1.29 is 0 Å². The smallest absolute Gasteiger partial charge is 0.0134 e. The highest BCUT2D eigenvalue weighted by Crippen LogP contribution is 2.65. The molecule has 0 amide bonds. The van der Waals surface area contributed by atoms with E-state index in [2.05, 4.69) is 38.7 Å². The molecule has 108 valence electrons. The van der Waals surface area contributed by atoms with E-state index in [9.17, 15) is 0 Å². The van der Waals surface area contributed by atoms with E-state index in [0.717, 1.165) is 24.2 Å². The average molecular weight is 268 g/mol. The molecule has 0 aromatic carbocycles. The topological polar surface area (TPSA) is 0 Å². The maximum Gasteiger partial charge on any atom is 0.0134 e. The summed E-state index contributed by atoms with van der Waals surface area (Å²) in [4.78, 5) is 0. The lowest BCUT2D eigenvalue weighted by Crippen LogP contribution is -2.48. The predicted octanol–water partition coefficient (Wildman–Crippen LogP) is 5.67. The molecule has 20 heavy (non-hydrogen) atoms. The van der Waals surface area contributed by atoms with Crippen molar-refractivity contribution in [2.24, 2.45) is 28.6 Å². The van der Waals surface area contributed by atoms with Crippen LogP contribution in [0, 0.1) is 28.6 Å². The summed E-state index contributed by atoms with van der Waals surface area (Å²) < 4.78 is 0. The molecule has 3 fully saturated rings. The van der Waals surface area contributed by atoms with E-state index in [1.807, 2.05) is 0 Å². The molecule has 0 unspecified atom stereocenters. The fourth-order valence-electron chi connectivity index (χ4n) is 6.36. The molecule has 0 heteroatoms. The fourth-order valence-corrected chi connectivity index (χ4v) is 6.36. The van der Waals surface area contributed by atoms with E-state index in [-0.39, 0.29) is 0 Å². The van der Waals surface area contributed by atoms with Crippen molar-refractivity contribution in [3.63, 3.8) is 0 Å². The summed E-state index contributed by atoms with van der Waals surface area (Å²) in [7, 11) is 0. The zero-order valence-electron chi connectivity index (χ0n) is 13.1. The lowest BCUT2D eigenvalue weighted by molar-refractivity contribution is -0.00445. The summed E-state index contributed by atoms with van der Waals surface area (Å²) in [6.07, 6.45) is 17.1. The number of fused-ring (bicyclic) bond motifs is 5. The van der Waals surface area contributed by atoms with Crippen LogP contribution in [-0.4, -0.2) is 0 Å². The molecule has 3 saturated carbocycles. The van der Waals surface area contributed by atoms with Crippen LogP contribution in [0.4, 0.5) is 0 Å². The van der Waals surface area contributed by atoms with E-state index in [1.54, 1.807) is 5.57 Å². The van der Waals surface area contributed by atoms with Gasteiger partial charge in [-0.25, -0.2) is 0 Å². The van der Waals surface area contributed by atoms with Gasteiger partial charge >= 0.3 is 0 Å². The zero-order chi connectivity index (χ0) is 14.0. The van der Waals surface area contributed by atoms with Gasteiger partial charge < -0.3 is 0 Å². The van der Waals surface area contributed by atoms with Crippen LogP contribution in [0.1, 0.15) is 58.8 Å². The van der Waals surface area contributed by atoms with Gasteiger partial charge in [0.25, 0.3) is 0 Å². The SMILES string of the molecule is C=C1C[C@H]2[C@@H]3CCC[C@@]3(C)CC[C@@H]2[C@@]2(C)C=CCC=C12. The van der Waals surface area contributed by atoms with Crippen LogP contribution in [0.25, 0.3) is 0 Å². The Morgan fingerprint density at radius 1 is 1.15 bits per heavy atom. The first-order valence-electron chi connectivity index (χ1n) is 8.61. The first-order chi connectivity index (χ1) is 9.55. The minimum Gasteiger partial charge on any atom is -0.0955 e. The largest absolute Gasteiger partial charge is 0.0955 e. The van der Waals surface area contributed by atoms with Gasteiger partial charge in [-0.3, -0.25) is 0 Å². The molecule has 4 aliphatic carbocycles. The quantitative estimate of drug-likeness (QED) is 0.496. The summed E-state index contributed by atoms with van der Waals surface area (Å²) in [6, 6.07) is 0. The first-order valence-corrected chi connectivity index (χ1v) is 8.61. The molecule has 0 aromatic rings. The Kier molecular flexibility index (Phi) is 2.66. The Morgan fingerprint density at radius 2 is 2.00 bits per heavy atom. The molecule has 4 aliphatic rings. The number of hydrogen-bond acceptors (Lipinski definition) is 0. The molecule has 0 bridgehead atoms. The minimum atomic E-state index is 0.294. The Labute approximate surface area is 124 Å². The monoisotopic (exact) mass is 268 g/mol. The van der Waals surface area contributed by atoms with Gasteiger partial charge in [-0.1, -0.05) is 50.6 Å². The van der Waals surface area contributed by atoms with Crippen LogP contribution in [0.15, 0.2) is 36.0 Å². The van der Waals surface area contributed by atoms with Gasteiger partial charge in [0.2, 0.25) is 0 Å². The van der Waals surface area contributed by atoms with E-state index in [4.69, 9.17) is 0 Å². The van der Waals surface area contributed by atoms with Crippen LogP contribution in [-0.2, 0) is 0 Å². The highest BCUT2D eigenvalue weighted by Gasteiger charge is 2.55. The summed E-state index contributed by atoms with van der Waals surface area (Å²) >= 11 is 0. The average Bonchev–Trinajstić information content (AvgIpc) is 2.81. The van der Waals surface area contributed by atoms with Gasteiger partial charge in [0, 0.05) is 5.41 Å². The van der Waals surface area contributed by atoms with Crippen LogP contribution in [0.5, 0.6) is 0 Å². The van der Waals surface area contributed by atoms with E-state index < -0.39 is 0 Å². The second-order valence-electron chi connectivity index (χ2n) is 8.31. The van der Waals surface area contributed by atoms with Gasteiger partial charge in [-0.2, -0.15) is 0 Å². The predicted molar refractivity (Wildman–Crippen MR) is 85.4 cm³/mol. The second kappa shape index (κ2) is 4.12. The fraction of sp³-hybridized carbons (Fsp3) is 0.700. The van der Waals surface area contributed by atoms with Crippen LogP contribution in [0.3, 0.4) is 0 Å². The van der Waals surface area contributed by atoms with E-state index in [1.165, 1.54) is 44.1 Å². The van der Waals surface area contributed by atoms with Gasteiger partial charge in [0.1, 0.15) is 0 Å². The zero-order valence-corrected chi connectivity index (χ0v) is 13.1. The van der Waals surface area contributed by atoms with E-state index >= 15 is 0 Å². The normalized spacial score (nSPS) is 50.2. The van der Waals surface area contributed by atoms with Crippen LogP contribution in [0.2, 0.25) is 0 Å². The standard InChI is InChI=1S/C20H28/c1-14-13-15-17-8-6-10-19(17,2)12-9-18(15)20(3)11-5-4-7-16(14)20/h5,7,11,15,17-18H,1,4,6,8-10,12-13H2,2-3H3/t15-,17-,18-,19-,20-/m0/s1. The van der Waals surface area contributed by atoms with E-state index in [0.29, 0.717) is 10.8 Å². The third-order valence-corrected chi connectivity index (χ3v) is 7.35. The van der Waals surface area contributed by atoms with Crippen LogP contribution < -0.4 is 0 Å². The van der Waals surface area contributed by atoms with Gasteiger partial charge in [0.15, 0.2) is 0 Å². The summed E-state index contributed by atoms with van der Waals surface area (Å²) in [5, 5.41) is 0. The molecule has 0 spiro atoms. The van der Waals surface area contributed by atoms with Crippen molar-refractivity contribution in [1.82, 2.24) is 0 Å². The molecule has 0 aromatic heterocycles. The summed E-state index contributed by atoms with van der Waals surface area (Å²) in [5.74, 6) is 2.73. The number of rotatable bonds is 0. The highest BCUT2D eigenvalue weighted by atomic mass is 14.6. The molecule has 4 rings (SSSR count). The maximum absolute atomic E-state index is 4.47. The summed E-state index contributed by atoms with van der Waals surface area (Å²) in [6.45, 7) is 9.54. The highest BCUT2D eigenvalue weighted by molar-refractivity contribution is 5.44. The van der Waals surface area contributed by atoms with Crippen molar-refractivity contribution >= 4 is 0 Å². The van der Waals surface area contributed by atoms with Gasteiger partial charge in [-0.15, -0.1) is 0 Å². The van der Waals surface area contributed by atoms with Crippen LogP contribution >= 0.6 is 0 Å². The molecule has 0 N–H and O–H groups in total. The number of allylic oxidation sites excluding steroid dienone is 5. The Morgan fingerprint density at radius 3 is 2.85 bits per heavy atom. The van der Waals surface area contributed by atoms with Crippen molar-refractivity contribution in [2.45, 2.75) is 58.8 Å².